The van der Waals surface area contributed by atoms with Crippen molar-refractivity contribution >= 4 is 13.5 Å². The maximum Gasteiger partial charge on any atom is 0.469 e. The lowest BCUT2D eigenvalue weighted by Crippen LogP contribution is -1.93. The summed E-state index contributed by atoms with van der Waals surface area (Å²) in [5, 5.41) is 10.4. The second-order valence-electron chi connectivity index (χ2n) is 2.69. The maximum absolute atomic E-state index is 10.4. The van der Waals surface area contributed by atoms with Crippen molar-refractivity contribution in [2.45, 2.75) is 6.61 Å². The SMILES string of the molecule is O=[N+]([O-])c1cccc(COP(=O)(O)O)c1. The lowest BCUT2D eigenvalue weighted by atomic mass is 10.2. The van der Waals surface area contributed by atoms with Crippen LogP contribution in [0.3, 0.4) is 0 Å². The Morgan fingerprint density at radius 3 is 2.67 bits per heavy atom. The minimum Gasteiger partial charge on any atom is -0.303 e. The Kier molecular flexibility index (Phi) is 3.54. The molecule has 0 spiro atoms. The molecule has 0 heterocycles. The molecule has 7 nitrogen and oxygen atoms in total. The van der Waals surface area contributed by atoms with Gasteiger partial charge in [-0.05, 0) is 5.56 Å². The Morgan fingerprint density at radius 2 is 2.13 bits per heavy atom. The van der Waals surface area contributed by atoms with Crippen molar-refractivity contribution in [3.63, 3.8) is 0 Å². The highest BCUT2D eigenvalue weighted by Crippen LogP contribution is 2.37. The van der Waals surface area contributed by atoms with Gasteiger partial charge in [0.2, 0.25) is 0 Å². The first-order valence-electron chi connectivity index (χ1n) is 3.82. The van der Waals surface area contributed by atoms with Crippen LogP contribution in [0.25, 0.3) is 0 Å². The van der Waals surface area contributed by atoms with Gasteiger partial charge < -0.3 is 9.79 Å². The number of hydrogen-bond acceptors (Lipinski definition) is 4. The fourth-order valence-electron chi connectivity index (χ4n) is 0.918. The Hall–Kier alpha value is -1.27. The fourth-order valence-corrected chi connectivity index (χ4v) is 1.24. The summed E-state index contributed by atoms with van der Waals surface area (Å²) in [6, 6.07) is 5.36. The number of nitro groups is 1. The molecule has 82 valence electrons. The molecule has 1 aromatic rings. The first-order chi connectivity index (χ1) is 6.88. The highest BCUT2D eigenvalue weighted by Gasteiger charge is 2.14. The molecule has 0 atom stereocenters. The van der Waals surface area contributed by atoms with E-state index in [1.807, 2.05) is 0 Å². The van der Waals surface area contributed by atoms with Crippen LogP contribution in [-0.4, -0.2) is 14.7 Å². The third kappa shape index (κ3) is 4.18. The highest BCUT2D eigenvalue weighted by molar-refractivity contribution is 7.46. The predicted octanol–water partition coefficient (Wildman–Crippen LogP) is 1.20. The molecule has 1 aromatic carbocycles. The van der Waals surface area contributed by atoms with E-state index in [-0.39, 0.29) is 12.3 Å². The normalized spacial score (nSPS) is 11.3. The summed E-state index contributed by atoms with van der Waals surface area (Å²) in [6.07, 6.45) is 0. The number of rotatable bonds is 4. The first-order valence-corrected chi connectivity index (χ1v) is 5.35. The molecule has 1 rings (SSSR count). The molecule has 0 bridgehead atoms. The molecule has 0 radical (unpaired) electrons. The Bertz CT molecular complexity index is 414. The van der Waals surface area contributed by atoms with E-state index in [0.717, 1.165) is 0 Å². The number of benzene rings is 1. The van der Waals surface area contributed by atoms with Crippen molar-refractivity contribution in [2.75, 3.05) is 0 Å². The molecule has 0 saturated heterocycles. The molecule has 8 heteroatoms. The minimum atomic E-state index is -4.54. The highest BCUT2D eigenvalue weighted by atomic mass is 31.2. The Labute approximate surface area is 84.7 Å². The molecular formula is C7H8NO6P. The largest absolute Gasteiger partial charge is 0.469 e. The van der Waals surface area contributed by atoms with Gasteiger partial charge in [-0.25, -0.2) is 4.57 Å². The van der Waals surface area contributed by atoms with Crippen LogP contribution in [0.4, 0.5) is 5.69 Å². The van der Waals surface area contributed by atoms with E-state index in [2.05, 4.69) is 4.52 Å². The van der Waals surface area contributed by atoms with Crippen molar-refractivity contribution in [1.82, 2.24) is 0 Å². The van der Waals surface area contributed by atoms with Gasteiger partial charge in [0.25, 0.3) is 5.69 Å². The minimum absolute atomic E-state index is 0.151. The number of hydrogen-bond donors (Lipinski definition) is 2. The quantitative estimate of drug-likeness (QED) is 0.459. The third-order valence-corrected chi connectivity index (χ3v) is 1.99. The van der Waals surface area contributed by atoms with E-state index in [9.17, 15) is 14.7 Å². The van der Waals surface area contributed by atoms with Crippen LogP contribution < -0.4 is 0 Å². The van der Waals surface area contributed by atoms with Gasteiger partial charge in [-0.15, -0.1) is 0 Å². The smallest absolute Gasteiger partial charge is 0.303 e. The number of phosphoric acid groups is 1. The van der Waals surface area contributed by atoms with E-state index >= 15 is 0 Å². The summed E-state index contributed by atoms with van der Waals surface area (Å²) in [5.74, 6) is 0. The van der Waals surface area contributed by atoms with Crippen molar-refractivity contribution in [3.8, 4) is 0 Å². The van der Waals surface area contributed by atoms with Crippen LogP contribution >= 0.6 is 7.82 Å². The molecule has 0 aliphatic rings. The van der Waals surface area contributed by atoms with E-state index in [1.165, 1.54) is 24.3 Å². The molecule has 2 N–H and O–H groups in total. The van der Waals surface area contributed by atoms with Gasteiger partial charge in [0.05, 0.1) is 11.5 Å². The number of phosphoric ester groups is 1. The molecule has 0 aliphatic carbocycles. The fraction of sp³-hybridized carbons (Fsp3) is 0.143. The molecule has 0 unspecified atom stereocenters. The zero-order valence-electron chi connectivity index (χ0n) is 7.44. The monoisotopic (exact) mass is 233 g/mol. The summed E-state index contributed by atoms with van der Waals surface area (Å²) in [4.78, 5) is 26.6. The van der Waals surface area contributed by atoms with Crippen molar-refractivity contribution in [3.05, 3.63) is 39.9 Å². The molecule has 0 saturated carbocycles. The van der Waals surface area contributed by atoms with Gasteiger partial charge in [-0.1, -0.05) is 12.1 Å². The lowest BCUT2D eigenvalue weighted by molar-refractivity contribution is -0.384. The zero-order chi connectivity index (χ0) is 11.5. The summed E-state index contributed by atoms with van der Waals surface area (Å²) in [7, 11) is -4.54. The van der Waals surface area contributed by atoms with Gasteiger partial charge in [0.1, 0.15) is 0 Å². The maximum atomic E-state index is 10.4. The van der Waals surface area contributed by atoms with E-state index in [0.29, 0.717) is 5.56 Å². The van der Waals surface area contributed by atoms with E-state index < -0.39 is 12.7 Å². The van der Waals surface area contributed by atoms with Crippen LogP contribution in [0.15, 0.2) is 24.3 Å². The Morgan fingerprint density at radius 1 is 1.47 bits per heavy atom. The van der Waals surface area contributed by atoms with Crippen LogP contribution in [-0.2, 0) is 15.7 Å². The lowest BCUT2D eigenvalue weighted by Gasteiger charge is -2.04. The van der Waals surface area contributed by atoms with Crippen LogP contribution in [0.2, 0.25) is 0 Å². The summed E-state index contributed by atoms with van der Waals surface area (Å²) >= 11 is 0. The topological polar surface area (TPSA) is 110 Å². The third-order valence-electron chi connectivity index (χ3n) is 1.52. The van der Waals surface area contributed by atoms with Crippen LogP contribution in [0.1, 0.15) is 5.56 Å². The van der Waals surface area contributed by atoms with Crippen molar-refractivity contribution < 1.29 is 23.8 Å². The number of non-ortho nitro benzene ring substituents is 1. The van der Waals surface area contributed by atoms with Gasteiger partial charge in [0.15, 0.2) is 0 Å². The van der Waals surface area contributed by atoms with Crippen molar-refractivity contribution in [1.29, 1.82) is 0 Å². The van der Waals surface area contributed by atoms with E-state index in [1.54, 1.807) is 0 Å². The molecule has 0 amide bonds. The molecule has 15 heavy (non-hydrogen) atoms. The standard InChI is InChI=1S/C7H8NO6P/c9-8(10)7-3-1-2-6(4-7)5-14-15(11,12)13/h1-4H,5H2,(H2,11,12,13). The average Bonchev–Trinajstić information content (AvgIpc) is 2.14. The van der Waals surface area contributed by atoms with Gasteiger partial charge in [0, 0.05) is 12.1 Å². The second-order valence-corrected chi connectivity index (χ2v) is 3.93. The van der Waals surface area contributed by atoms with Crippen molar-refractivity contribution in [2.24, 2.45) is 0 Å². The zero-order valence-corrected chi connectivity index (χ0v) is 8.33. The summed E-state index contributed by atoms with van der Waals surface area (Å²) < 4.78 is 14.6. The van der Waals surface area contributed by atoms with Crippen LogP contribution in [0, 0.1) is 10.1 Å². The predicted molar refractivity (Wildman–Crippen MR) is 49.9 cm³/mol. The molecule has 0 aromatic heterocycles. The molecule has 0 aliphatic heterocycles. The van der Waals surface area contributed by atoms with Gasteiger partial charge in [-0.3, -0.25) is 14.6 Å². The van der Waals surface area contributed by atoms with Gasteiger partial charge >= 0.3 is 7.82 Å². The molecule has 0 fully saturated rings. The number of nitrogens with zero attached hydrogens (tertiary/aromatic N) is 1. The van der Waals surface area contributed by atoms with Gasteiger partial charge in [-0.2, -0.15) is 0 Å². The molecular weight excluding hydrogens is 225 g/mol. The van der Waals surface area contributed by atoms with E-state index in [4.69, 9.17) is 9.79 Å². The van der Waals surface area contributed by atoms with Crippen LogP contribution in [0.5, 0.6) is 0 Å². The summed E-state index contributed by atoms with van der Waals surface area (Å²) in [5.41, 5.74) is 0.175. The number of nitro benzene ring substituents is 1. The second kappa shape index (κ2) is 4.50. The average molecular weight is 233 g/mol. The first kappa shape index (κ1) is 11.8. The summed E-state index contributed by atoms with van der Waals surface area (Å²) in [6.45, 7) is -0.369. The Balaban J connectivity index is 2.74.